The largest absolute Gasteiger partial charge is 0.451 e. The average molecular weight is 335 g/mol. The molecule has 0 bridgehead atoms. The Kier molecular flexibility index (Phi) is 5.16. The summed E-state index contributed by atoms with van der Waals surface area (Å²) in [6, 6.07) is 9.11. The molecule has 2 rings (SSSR count). The van der Waals surface area contributed by atoms with Crippen LogP contribution in [0.25, 0.3) is 0 Å². The minimum absolute atomic E-state index is 0.0548. The van der Waals surface area contributed by atoms with Gasteiger partial charge in [-0.1, -0.05) is 29.8 Å². The molecule has 0 N–H and O–H groups in total. The van der Waals surface area contributed by atoms with Crippen molar-refractivity contribution in [3.63, 3.8) is 0 Å². The lowest BCUT2D eigenvalue weighted by atomic mass is 10.0. The highest BCUT2D eigenvalue weighted by Gasteiger charge is 2.24. The average Bonchev–Trinajstić information content (AvgIpc) is 2.49. The van der Waals surface area contributed by atoms with Crippen molar-refractivity contribution >= 4 is 23.4 Å². The number of carbonyl (C=O) groups excluding carboxylic acids is 2. The third-order valence-electron chi connectivity index (χ3n) is 3.61. The zero-order chi connectivity index (χ0) is 17.1. The molecule has 0 amide bonds. The third kappa shape index (κ3) is 3.77. The number of ketones is 1. The van der Waals surface area contributed by atoms with Gasteiger partial charge in [0.1, 0.15) is 11.4 Å². The molecule has 0 aliphatic heterocycles. The summed E-state index contributed by atoms with van der Waals surface area (Å²) in [5.41, 5.74) is 2.10. The van der Waals surface area contributed by atoms with Gasteiger partial charge in [-0.25, -0.2) is 9.18 Å². The van der Waals surface area contributed by atoms with E-state index < -0.39 is 17.9 Å². The van der Waals surface area contributed by atoms with E-state index in [1.807, 2.05) is 19.9 Å². The van der Waals surface area contributed by atoms with E-state index in [2.05, 4.69) is 0 Å². The predicted molar refractivity (Wildman–Crippen MR) is 86.5 cm³/mol. The summed E-state index contributed by atoms with van der Waals surface area (Å²) < 4.78 is 18.8. The van der Waals surface area contributed by atoms with E-state index in [0.29, 0.717) is 5.56 Å². The molecule has 0 saturated carbocycles. The highest BCUT2D eigenvalue weighted by atomic mass is 35.5. The van der Waals surface area contributed by atoms with E-state index in [1.165, 1.54) is 19.1 Å². The first-order chi connectivity index (χ1) is 10.8. The molecule has 0 spiro atoms. The monoisotopic (exact) mass is 334 g/mol. The summed E-state index contributed by atoms with van der Waals surface area (Å²) in [7, 11) is 0. The second kappa shape index (κ2) is 6.92. The first-order valence-electron chi connectivity index (χ1n) is 7.07. The fourth-order valence-corrected chi connectivity index (χ4v) is 2.34. The van der Waals surface area contributed by atoms with E-state index in [0.717, 1.165) is 17.2 Å². The van der Waals surface area contributed by atoms with Gasteiger partial charge in [-0.3, -0.25) is 4.79 Å². The van der Waals surface area contributed by atoms with Crippen molar-refractivity contribution in [1.29, 1.82) is 0 Å². The van der Waals surface area contributed by atoms with Gasteiger partial charge in [-0.15, -0.1) is 0 Å². The Morgan fingerprint density at radius 1 is 1.13 bits per heavy atom. The van der Waals surface area contributed by atoms with Crippen LogP contribution >= 0.6 is 11.6 Å². The fraction of sp³-hybridized carbons (Fsp3) is 0.222. The first kappa shape index (κ1) is 17.2. The minimum atomic E-state index is -1.04. The number of halogens is 2. The van der Waals surface area contributed by atoms with Crippen LogP contribution in [0.5, 0.6) is 0 Å². The van der Waals surface area contributed by atoms with Crippen LogP contribution in [0, 0.1) is 19.7 Å². The molecule has 0 aliphatic rings. The second-order valence-electron chi connectivity index (χ2n) is 5.31. The van der Waals surface area contributed by atoms with Crippen molar-refractivity contribution in [2.75, 3.05) is 0 Å². The second-order valence-corrected chi connectivity index (χ2v) is 5.71. The SMILES string of the molecule is Cc1ccc(C(=O)C(C)OC(=O)c2c(F)cccc2Cl)cc1C. The molecule has 0 aliphatic carbocycles. The quantitative estimate of drug-likeness (QED) is 0.609. The molecular formula is C18H16ClFO3. The molecule has 0 saturated heterocycles. The van der Waals surface area contributed by atoms with Crippen LogP contribution in [0.4, 0.5) is 4.39 Å². The molecule has 1 unspecified atom stereocenters. The van der Waals surface area contributed by atoms with Crippen molar-refractivity contribution < 1.29 is 18.7 Å². The van der Waals surface area contributed by atoms with E-state index in [-0.39, 0.29) is 16.4 Å². The van der Waals surface area contributed by atoms with Gasteiger partial charge in [-0.05, 0) is 50.1 Å². The number of ether oxygens (including phenoxy) is 1. The topological polar surface area (TPSA) is 43.4 Å². The summed E-state index contributed by atoms with van der Waals surface area (Å²) in [5.74, 6) is -2.10. The van der Waals surface area contributed by atoms with Crippen molar-refractivity contribution in [3.05, 3.63) is 69.5 Å². The lowest BCUT2D eigenvalue weighted by Crippen LogP contribution is -2.25. The number of benzene rings is 2. The van der Waals surface area contributed by atoms with Crippen LogP contribution in [-0.4, -0.2) is 17.9 Å². The maximum absolute atomic E-state index is 13.7. The van der Waals surface area contributed by atoms with Gasteiger partial charge in [0.25, 0.3) is 0 Å². The third-order valence-corrected chi connectivity index (χ3v) is 3.93. The van der Waals surface area contributed by atoms with E-state index in [1.54, 1.807) is 12.1 Å². The van der Waals surface area contributed by atoms with Crippen molar-refractivity contribution in [2.45, 2.75) is 26.9 Å². The zero-order valence-electron chi connectivity index (χ0n) is 13.0. The lowest BCUT2D eigenvalue weighted by Gasteiger charge is -2.14. The summed E-state index contributed by atoms with van der Waals surface area (Å²) in [5, 5.41) is -0.0548. The smallest absolute Gasteiger partial charge is 0.343 e. The standard InChI is InChI=1S/C18H16ClFO3/c1-10-7-8-13(9-11(10)2)17(21)12(3)23-18(22)16-14(19)5-4-6-15(16)20/h4-9,12H,1-3H3. The summed E-state index contributed by atoms with van der Waals surface area (Å²) in [4.78, 5) is 24.4. The molecule has 3 nitrogen and oxygen atoms in total. The molecule has 0 heterocycles. The van der Waals surface area contributed by atoms with Crippen LogP contribution in [0.3, 0.4) is 0 Å². The normalized spacial score (nSPS) is 11.9. The summed E-state index contributed by atoms with van der Waals surface area (Å²) in [6.07, 6.45) is -1.04. The predicted octanol–water partition coefficient (Wildman–Crippen LogP) is 4.52. The highest BCUT2D eigenvalue weighted by Crippen LogP contribution is 2.21. The van der Waals surface area contributed by atoms with Gasteiger partial charge in [-0.2, -0.15) is 0 Å². The molecule has 120 valence electrons. The van der Waals surface area contributed by atoms with Gasteiger partial charge < -0.3 is 4.74 Å². The molecule has 0 fully saturated rings. The number of rotatable bonds is 4. The summed E-state index contributed by atoms with van der Waals surface area (Å²) in [6.45, 7) is 5.28. The Morgan fingerprint density at radius 3 is 2.43 bits per heavy atom. The lowest BCUT2D eigenvalue weighted by molar-refractivity contribution is 0.0314. The maximum Gasteiger partial charge on any atom is 0.343 e. The Bertz CT molecular complexity index is 751. The van der Waals surface area contributed by atoms with Crippen LogP contribution in [0.2, 0.25) is 5.02 Å². The van der Waals surface area contributed by atoms with Crippen molar-refractivity contribution in [2.24, 2.45) is 0 Å². The highest BCUT2D eigenvalue weighted by molar-refractivity contribution is 6.33. The molecule has 2 aromatic rings. The number of carbonyl (C=O) groups is 2. The minimum Gasteiger partial charge on any atom is -0.451 e. The van der Waals surface area contributed by atoms with E-state index >= 15 is 0 Å². The number of aryl methyl sites for hydroxylation is 2. The molecule has 0 radical (unpaired) electrons. The van der Waals surface area contributed by atoms with E-state index in [4.69, 9.17) is 16.3 Å². The summed E-state index contributed by atoms with van der Waals surface area (Å²) >= 11 is 5.82. The number of hydrogen-bond acceptors (Lipinski definition) is 3. The van der Waals surface area contributed by atoms with E-state index in [9.17, 15) is 14.0 Å². The van der Waals surface area contributed by atoms with Crippen LogP contribution < -0.4 is 0 Å². The van der Waals surface area contributed by atoms with Crippen LogP contribution in [-0.2, 0) is 4.74 Å². The number of esters is 1. The Morgan fingerprint density at radius 2 is 1.83 bits per heavy atom. The van der Waals surface area contributed by atoms with Crippen LogP contribution in [0.1, 0.15) is 38.8 Å². The Hall–Kier alpha value is -2.20. The molecule has 2 aromatic carbocycles. The van der Waals surface area contributed by atoms with Crippen molar-refractivity contribution in [1.82, 2.24) is 0 Å². The molecule has 23 heavy (non-hydrogen) atoms. The molecular weight excluding hydrogens is 319 g/mol. The Balaban J connectivity index is 2.17. The molecule has 1 atom stereocenters. The molecule has 0 aromatic heterocycles. The van der Waals surface area contributed by atoms with Crippen molar-refractivity contribution in [3.8, 4) is 0 Å². The van der Waals surface area contributed by atoms with Crippen LogP contribution in [0.15, 0.2) is 36.4 Å². The Labute approximate surface area is 139 Å². The zero-order valence-corrected chi connectivity index (χ0v) is 13.8. The van der Waals surface area contributed by atoms with Gasteiger partial charge in [0.2, 0.25) is 5.78 Å². The number of hydrogen-bond donors (Lipinski definition) is 0. The number of Topliss-reactive ketones (excluding diaryl/α,β-unsaturated/α-hetero) is 1. The van der Waals surface area contributed by atoms with Gasteiger partial charge in [0.15, 0.2) is 6.10 Å². The fourth-order valence-electron chi connectivity index (χ4n) is 2.10. The first-order valence-corrected chi connectivity index (χ1v) is 7.45. The van der Waals surface area contributed by atoms with Gasteiger partial charge in [0.05, 0.1) is 5.02 Å². The van der Waals surface area contributed by atoms with Gasteiger partial charge in [0, 0.05) is 5.56 Å². The maximum atomic E-state index is 13.7. The molecule has 5 heteroatoms. The van der Waals surface area contributed by atoms with Gasteiger partial charge >= 0.3 is 5.97 Å².